The van der Waals surface area contributed by atoms with Gasteiger partial charge in [-0.25, -0.2) is 4.39 Å². The summed E-state index contributed by atoms with van der Waals surface area (Å²) >= 11 is 0. The number of halogens is 1. The first-order chi connectivity index (χ1) is 7.81. The molecule has 0 atom stereocenters. The van der Waals surface area contributed by atoms with Crippen molar-refractivity contribution in [2.75, 3.05) is 13.7 Å². The van der Waals surface area contributed by atoms with Gasteiger partial charge in [0.2, 0.25) is 0 Å². The SMILES string of the molecule is COCCc1cn[nH]c1-c1ccc(F)cc1. The Morgan fingerprint density at radius 2 is 2.06 bits per heavy atom. The fourth-order valence-electron chi connectivity index (χ4n) is 1.58. The monoisotopic (exact) mass is 220 g/mol. The van der Waals surface area contributed by atoms with E-state index in [0.717, 1.165) is 23.2 Å². The molecule has 4 heteroatoms. The van der Waals surface area contributed by atoms with E-state index in [1.54, 1.807) is 25.4 Å². The lowest BCUT2D eigenvalue weighted by atomic mass is 10.1. The Morgan fingerprint density at radius 1 is 1.31 bits per heavy atom. The highest BCUT2D eigenvalue weighted by Gasteiger charge is 2.07. The van der Waals surface area contributed by atoms with E-state index in [-0.39, 0.29) is 5.82 Å². The molecule has 84 valence electrons. The summed E-state index contributed by atoms with van der Waals surface area (Å²) in [6.07, 6.45) is 2.57. The van der Waals surface area contributed by atoms with Gasteiger partial charge in [-0.15, -0.1) is 0 Å². The number of H-pyrrole nitrogens is 1. The third-order valence-electron chi connectivity index (χ3n) is 2.43. The second-order valence-electron chi connectivity index (χ2n) is 3.52. The smallest absolute Gasteiger partial charge is 0.123 e. The number of rotatable bonds is 4. The summed E-state index contributed by atoms with van der Waals surface area (Å²) < 4.78 is 17.8. The van der Waals surface area contributed by atoms with Crippen molar-refractivity contribution in [2.45, 2.75) is 6.42 Å². The quantitative estimate of drug-likeness (QED) is 0.859. The van der Waals surface area contributed by atoms with E-state index in [0.29, 0.717) is 6.61 Å². The largest absolute Gasteiger partial charge is 0.384 e. The molecule has 0 bridgehead atoms. The lowest BCUT2D eigenvalue weighted by molar-refractivity contribution is 0.202. The summed E-state index contributed by atoms with van der Waals surface area (Å²) in [7, 11) is 1.66. The van der Waals surface area contributed by atoms with E-state index in [1.807, 2.05) is 0 Å². The normalized spacial score (nSPS) is 10.6. The van der Waals surface area contributed by atoms with Gasteiger partial charge < -0.3 is 4.74 Å². The van der Waals surface area contributed by atoms with Gasteiger partial charge in [0, 0.05) is 18.2 Å². The highest BCUT2D eigenvalue weighted by atomic mass is 19.1. The second-order valence-corrected chi connectivity index (χ2v) is 3.52. The van der Waals surface area contributed by atoms with Crippen molar-refractivity contribution in [2.24, 2.45) is 0 Å². The Hall–Kier alpha value is -1.68. The van der Waals surface area contributed by atoms with Crippen LogP contribution in [0.4, 0.5) is 4.39 Å². The van der Waals surface area contributed by atoms with Gasteiger partial charge in [0.1, 0.15) is 5.82 Å². The van der Waals surface area contributed by atoms with Crippen LogP contribution in [0.15, 0.2) is 30.5 Å². The summed E-state index contributed by atoms with van der Waals surface area (Å²) in [5.41, 5.74) is 2.94. The molecule has 0 fully saturated rings. The van der Waals surface area contributed by atoms with Crippen molar-refractivity contribution >= 4 is 0 Å². The molecular formula is C12H13FN2O. The number of hydrogen-bond donors (Lipinski definition) is 1. The third kappa shape index (κ3) is 2.28. The summed E-state index contributed by atoms with van der Waals surface area (Å²) in [5.74, 6) is -0.235. The lowest BCUT2D eigenvalue weighted by Gasteiger charge is -2.02. The molecule has 0 spiro atoms. The fourth-order valence-corrected chi connectivity index (χ4v) is 1.58. The predicted molar refractivity (Wildman–Crippen MR) is 59.6 cm³/mol. The zero-order valence-corrected chi connectivity index (χ0v) is 9.03. The van der Waals surface area contributed by atoms with Gasteiger partial charge in [-0.05, 0) is 30.7 Å². The molecule has 3 nitrogen and oxygen atoms in total. The summed E-state index contributed by atoms with van der Waals surface area (Å²) in [5, 5.41) is 6.92. The summed E-state index contributed by atoms with van der Waals surface area (Å²) in [6.45, 7) is 0.647. The maximum Gasteiger partial charge on any atom is 0.123 e. The molecule has 2 aromatic rings. The van der Waals surface area contributed by atoms with Crippen LogP contribution in [-0.4, -0.2) is 23.9 Å². The van der Waals surface area contributed by atoms with Crippen molar-refractivity contribution in [1.29, 1.82) is 0 Å². The van der Waals surface area contributed by atoms with Crippen LogP contribution in [0, 0.1) is 5.82 Å². The van der Waals surface area contributed by atoms with Crippen LogP contribution in [0.2, 0.25) is 0 Å². The zero-order chi connectivity index (χ0) is 11.4. The standard InChI is InChI=1S/C12H13FN2O/c1-16-7-6-10-8-14-15-12(10)9-2-4-11(13)5-3-9/h2-5,8H,6-7H2,1H3,(H,14,15). The van der Waals surface area contributed by atoms with Crippen LogP contribution in [-0.2, 0) is 11.2 Å². The number of hydrogen-bond acceptors (Lipinski definition) is 2. The van der Waals surface area contributed by atoms with Crippen molar-refractivity contribution in [1.82, 2.24) is 10.2 Å². The van der Waals surface area contributed by atoms with Crippen LogP contribution >= 0.6 is 0 Å². The highest BCUT2D eigenvalue weighted by molar-refractivity contribution is 5.62. The maximum atomic E-state index is 12.8. The molecule has 0 radical (unpaired) electrons. The fraction of sp³-hybridized carbons (Fsp3) is 0.250. The first kappa shape index (κ1) is 10.8. The van der Waals surface area contributed by atoms with Crippen LogP contribution in [0.5, 0.6) is 0 Å². The molecule has 0 saturated heterocycles. The average Bonchev–Trinajstić information content (AvgIpc) is 2.75. The second kappa shape index (κ2) is 4.90. The Balaban J connectivity index is 2.26. The number of nitrogens with zero attached hydrogens (tertiary/aromatic N) is 1. The van der Waals surface area contributed by atoms with Crippen LogP contribution in [0.3, 0.4) is 0 Å². The van der Waals surface area contributed by atoms with E-state index in [4.69, 9.17) is 4.74 Å². The summed E-state index contributed by atoms with van der Waals surface area (Å²) in [6, 6.07) is 6.35. The number of aromatic nitrogens is 2. The molecular weight excluding hydrogens is 207 g/mol. The van der Waals surface area contributed by atoms with Crippen molar-refractivity contribution in [3.63, 3.8) is 0 Å². The predicted octanol–water partition coefficient (Wildman–Crippen LogP) is 2.40. The van der Waals surface area contributed by atoms with Gasteiger partial charge >= 0.3 is 0 Å². The minimum absolute atomic E-state index is 0.235. The highest BCUT2D eigenvalue weighted by Crippen LogP contribution is 2.21. The molecule has 16 heavy (non-hydrogen) atoms. The minimum atomic E-state index is -0.235. The van der Waals surface area contributed by atoms with Crippen LogP contribution in [0.25, 0.3) is 11.3 Å². The molecule has 2 rings (SSSR count). The molecule has 1 heterocycles. The van der Waals surface area contributed by atoms with Gasteiger partial charge in [0.15, 0.2) is 0 Å². The number of benzene rings is 1. The Bertz CT molecular complexity index is 450. The summed E-state index contributed by atoms with van der Waals surface area (Å²) in [4.78, 5) is 0. The average molecular weight is 220 g/mol. The molecule has 1 N–H and O–H groups in total. The Morgan fingerprint density at radius 3 is 2.75 bits per heavy atom. The number of methoxy groups -OCH3 is 1. The van der Waals surface area contributed by atoms with E-state index in [9.17, 15) is 4.39 Å². The molecule has 1 aromatic heterocycles. The number of ether oxygens (including phenoxy) is 1. The zero-order valence-electron chi connectivity index (χ0n) is 9.03. The van der Waals surface area contributed by atoms with Crippen molar-refractivity contribution in [3.8, 4) is 11.3 Å². The molecule has 0 aliphatic heterocycles. The van der Waals surface area contributed by atoms with Crippen molar-refractivity contribution in [3.05, 3.63) is 41.8 Å². The van der Waals surface area contributed by atoms with Crippen LogP contribution < -0.4 is 0 Å². The van der Waals surface area contributed by atoms with Crippen molar-refractivity contribution < 1.29 is 9.13 Å². The minimum Gasteiger partial charge on any atom is -0.384 e. The van der Waals surface area contributed by atoms with E-state index in [2.05, 4.69) is 10.2 Å². The number of nitrogens with one attached hydrogen (secondary N) is 1. The van der Waals surface area contributed by atoms with Crippen LogP contribution in [0.1, 0.15) is 5.56 Å². The first-order valence-electron chi connectivity index (χ1n) is 5.08. The molecule has 0 amide bonds. The molecule has 0 aliphatic carbocycles. The third-order valence-corrected chi connectivity index (χ3v) is 2.43. The van der Waals surface area contributed by atoms with E-state index >= 15 is 0 Å². The van der Waals surface area contributed by atoms with E-state index in [1.165, 1.54) is 12.1 Å². The molecule has 0 saturated carbocycles. The Kier molecular flexibility index (Phi) is 3.31. The maximum absolute atomic E-state index is 12.8. The number of aromatic amines is 1. The van der Waals surface area contributed by atoms with Gasteiger partial charge in [0.25, 0.3) is 0 Å². The lowest BCUT2D eigenvalue weighted by Crippen LogP contribution is -1.95. The van der Waals surface area contributed by atoms with Gasteiger partial charge in [0.05, 0.1) is 18.5 Å². The van der Waals surface area contributed by atoms with Gasteiger partial charge in [-0.1, -0.05) is 0 Å². The molecule has 1 aromatic carbocycles. The first-order valence-corrected chi connectivity index (χ1v) is 5.08. The van der Waals surface area contributed by atoms with Gasteiger partial charge in [-0.2, -0.15) is 5.10 Å². The molecule has 0 aliphatic rings. The topological polar surface area (TPSA) is 37.9 Å². The molecule has 0 unspecified atom stereocenters. The van der Waals surface area contributed by atoms with E-state index < -0.39 is 0 Å². The van der Waals surface area contributed by atoms with Gasteiger partial charge in [-0.3, -0.25) is 5.10 Å². The Labute approximate surface area is 93.3 Å².